The van der Waals surface area contributed by atoms with Gasteiger partial charge in [-0.1, -0.05) is 6.07 Å². The Morgan fingerprint density at radius 1 is 1.69 bits per heavy atom. The van der Waals surface area contributed by atoms with E-state index < -0.39 is 11.7 Å². The number of pyridine rings is 1. The van der Waals surface area contributed by atoms with E-state index in [1.165, 1.54) is 6.92 Å². The van der Waals surface area contributed by atoms with Crippen LogP contribution in [0.1, 0.15) is 19.4 Å². The molecule has 0 fully saturated rings. The number of hydrogen-bond acceptors (Lipinski definition) is 2. The van der Waals surface area contributed by atoms with Crippen molar-refractivity contribution in [3.8, 4) is 0 Å². The summed E-state index contributed by atoms with van der Waals surface area (Å²) in [6.45, 7) is 3.20. The third kappa shape index (κ3) is 2.77. The zero-order valence-corrected chi connectivity index (χ0v) is 8.00. The number of nitrogens with zero attached hydrogens (tertiary/aromatic N) is 1. The van der Waals surface area contributed by atoms with E-state index in [-0.39, 0.29) is 0 Å². The first-order chi connectivity index (χ1) is 6.02. The highest BCUT2D eigenvalue weighted by Crippen LogP contribution is 2.19. The second-order valence-electron chi connectivity index (χ2n) is 3.60. The minimum absolute atomic E-state index is 0.318. The lowest BCUT2D eigenvalue weighted by Gasteiger charge is -2.24. The Labute approximate surface area is 78.0 Å². The average Bonchev–Trinajstić information content (AvgIpc) is 2.05. The number of aromatic nitrogens is 1. The Balaban J connectivity index is 2.69. The van der Waals surface area contributed by atoms with Gasteiger partial charge in [0.25, 0.3) is 0 Å². The molecule has 0 radical (unpaired) electrons. The molecular weight excluding hydrogens is 167 g/mol. The molecule has 1 aromatic heterocycles. The summed E-state index contributed by atoms with van der Waals surface area (Å²) < 4.78 is 13.7. The molecule has 72 valence electrons. The van der Waals surface area contributed by atoms with Gasteiger partial charge < -0.3 is 5.73 Å². The third-order valence-electron chi connectivity index (χ3n) is 2.22. The van der Waals surface area contributed by atoms with Gasteiger partial charge in [0.2, 0.25) is 0 Å². The molecule has 1 heterocycles. The van der Waals surface area contributed by atoms with Crippen LogP contribution in [0.25, 0.3) is 0 Å². The van der Waals surface area contributed by atoms with Crippen molar-refractivity contribution in [3.05, 3.63) is 30.1 Å². The first-order valence-electron chi connectivity index (χ1n) is 4.36. The molecule has 2 N–H and O–H groups in total. The quantitative estimate of drug-likeness (QED) is 0.772. The number of alkyl halides is 1. The lowest BCUT2D eigenvalue weighted by atomic mass is 9.93. The Kier molecular flexibility index (Phi) is 2.98. The van der Waals surface area contributed by atoms with Crippen LogP contribution in [-0.4, -0.2) is 16.7 Å². The van der Waals surface area contributed by atoms with Gasteiger partial charge in [-0.05, 0) is 25.5 Å². The Hall–Kier alpha value is -0.960. The third-order valence-corrected chi connectivity index (χ3v) is 2.22. The molecule has 1 rings (SSSR count). The summed E-state index contributed by atoms with van der Waals surface area (Å²) in [6.07, 6.45) is 3.66. The minimum Gasteiger partial charge on any atom is -0.325 e. The Morgan fingerprint density at radius 3 is 2.85 bits per heavy atom. The molecule has 0 aliphatic heterocycles. The lowest BCUT2D eigenvalue weighted by Crippen LogP contribution is -2.41. The number of nitrogens with two attached hydrogens (primary N) is 1. The summed E-state index contributed by atoms with van der Waals surface area (Å²) in [6, 6.07) is 3.19. The lowest BCUT2D eigenvalue weighted by molar-refractivity contribution is 0.156. The molecule has 3 heteroatoms. The summed E-state index contributed by atoms with van der Waals surface area (Å²) >= 11 is 0. The number of hydrogen-bond donors (Lipinski definition) is 1. The molecule has 2 nitrogen and oxygen atoms in total. The highest BCUT2D eigenvalue weighted by Gasteiger charge is 2.28. The molecule has 2 unspecified atom stereocenters. The van der Waals surface area contributed by atoms with E-state index in [9.17, 15) is 4.39 Å². The highest BCUT2D eigenvalue weighted by molar-refractivity contribution is 5.12. The van der Waals surface area contributed by atoms with E-state index >= 15 is 0 Å². The molecule has 0 amide bonds. The van der Waals surface area contributed by atoms with E-state index in [1.807, 2.05) is 6.07 Å². The zero-order valence-electron chi connectivity index (χ0n) is 8.00. The first kappa shape index (κ1) is 10.1. The average molecular weight is 182 g/mol. The van der Waals surface area contributed by atoms with Crippen LogP contribution in [0.15, 0.2) is 24.5 Å². The number of halogens is 1. The van der Waals surface area contributed by atoms with E-state index in [1.54, 1.807) is 25.4 Å². The fourth-order valence-electron chi connectivity index (χ4n) is 1.06. The molecule has 0 bridgehead atoms. The molecule has 13 heavy (non-hydrogen) atoms. The van der Waals surface area contributed by atoms with Crippen molar-refractivity contribution in [2.45, 2.75) is 32.0 Å². The fourth-order valence-corrected chi connectivity index (χ4v) is 1.06. The first-order valence-corrected chi connectivity index (χ1v) is 4.36. The van der Waals surface area contributed by atoms with Crippen LogP contribution in [0.3, 0.4) is 0 Å². The van der Waals surface area contributed by atoms with Crippen molar-refractivity contribution < 1.29 is 4.39 Å². The van der Waals surface area contributed by atoms with Crippen molar-refractivity contribution >= 4 is 0 Å². The molecule has 0 aromatic carbocycles. The largest absolute Gasteiger partial charge is 0.325 e. The summed E-state index contributed by atoms with van der Waals surface area (Å²) in [5.41, 5.74) is 5.04. The monoisotopic (exact) mass is 182 g/mol. The van der Waals surface area contributed by atoms with E-state index in [4.69, 9.17) is 5.73 Å². The van der Waals surface area contributed by atoms with Crippen molar-refractivity contribution in [2.75, 3.05) is 0 Å². The molecule has 0 saturated carbocycles. The van der Waals surface area contributed by atoms with Crippen molar-refractivity contribution in [3.63, 3.8) is 0 Å². The zero-order chi connectivity index (χ0) is 9.90. The second-order valence-corrected chi connectivity index (χ2v) is 3.60. The van der Waals surface area contributed by atoms with Crippen LogP contribution in [0.2, 0.25) is 0 Å². The summed E-state index contributed by atoms with van der Waals surface area (Å²) in [7, 11) is 0. The van der Waals surface area contributed by atoms with Gasteiger partial charge in [-0.25, -0.2) is 4.39 Å². The molecule has 0 aliphatic rings. The van der Waals surface area contributed by atoms with Crippen molar-refractivity contribution in [1.29, 1.82) is 0 Å². The summed E-state index contributed by atoms with van der Waals surface area (Å²) in [4.78, 5) is 3.92. The van der Waals surface area contributed by atoms with Crippen LogP contribution in [0.4, 0.5) is 4.39 Å². The van der Waals surface area contributed by atoms with Gasteiger partial charge in [-0.2, -0.15) is 0 Å². The Bertz CT molecular complexity index is 257. The van der Waals surface area contributed by atoms with E-state index in [2.05, 4.69) is 4.98 Å². The maximum atomic E-state index is 13.7. The molecule has 0 aliphatic carbocycles. The standard InChI is InChI=1S/C10H15FN2/c1-8(12)10(2,11)6-9-4-3-5-13-7-9/h3-5,7-8H,6,12H2,1-2H3. The predicted octanol–water partition coefficient (Wildman–Crippen LogP) is 1.70. The molecule has 0 saturated heterocycles. The van der Waals surface area contributed by atoms with Gasteiger partial charge in [0, 0.05) is 24.9 Å². The molecule has 0 spiro atoms. The maximum Gasteiger partial charge on any atom is 0.127 e. The van der Waals surface area contributed by atoms with Gasteiger partial charge in [-0.3, -0.25) is 4.98 Å². The summed E-state index contributed by atoms with van der Waals surface area (Å²) in [5.74, 6) is 0. The van der Waals surface area contributed by atoms with Crippen LogP contribution in [-0.2, 0) is 6.42 Å². The van der Waals surface area contributed by atoms with Crippen LogP contribution >= 0.6 is 0 Å². The van der Waals surface area contributed by atoms with Gasteiger partial charge >= 0.3 is 0 Å². The SMILES string of the molecule is CC(N)C(C)(F)Cc1cccnc1. The highest BCUT2D eigenvalue weighted by atomic mass is 19.1. The maximum absolute atomic E-state index is 13.7. The summed E-state index contributed by atoms with van der Waals surface area (Å²) in [5, 5.41) is 0. The normalized spacial score (nSPS) is 17.8. The predicted molar refractivity (Wildman–Crippen MR) is 51.1 cm³/mol. The number of rotatable bonds is 3. The van der Waals surface area contributed by atoms with Crippen molar-refractivity contribution in [1.82, 2.24) is 4.98 Å². The van der Waals surface area contributed by atoms with Crippen molar-refractivity contribution in [2.24, 2.45) is 5.73 Å². The second kappa shape index (κ2) is 3.83. The smallest absolute Gasteiger partial charge is 0.127 e. The van der Waals surface area contributed by atoms with E-state index in [0.717, 1.165) is 5.56 Å². The van der Waals surface area contributed by atoms with E-state index in [0.29, 0.717) is 6.42 Å². The Morgan fingerprint density at radius 2 is 2.38 bits per heavy atom. The van der Waals surface area contributed by atoms with Gasteiger partial charge in [0.15, 0.2) is 0 Å². The minimum atomic E-state index is -1.36. The fraction of sp³-hybridized carbons (Fsp3) is 0.500. The van der Waals surface area contributed by atoms with Gasteiger partial charge in [0.05, 0.1) is 0 Å². The topological polar surface area (TPSA) is 38.9 Å². The van der Waals surface area contributed by atoms with Gasteiger partial charge in [-0.15, -0.1) is 0 Å². The van der Waals surface area contributed by atoms with Crippen LogP contribution < -0.4 is 5.73 Å². The van der Waals surface area contributed by atoms with Crippen LogP contribution in [0, 0.1) is 0 Å². The van der Waals surface area contributed by atoms with Crippen LogP contribution in [0.5, 0.6) is 0 Å². The van der Waals surface area contributed by atoms with Gasteiger partial charge in [0.1, 0.15) is 5.67 Å². The molecule has 1 aromatic rings. The molecule has 2 atom stereocenters. The molecular formula is C10H15FN2.